The normalized spacial score (nSPS) is 10.4. The molecule has 0 radical (unpaired) electrons. The summed E-state index contributed by atoms with van der Waals surface area (Å²) >= 11 is 0. The van der Waals surface area contributed by atoms with Gasteiger partial charge in [0.2, 0.25) is 0 Å². The van der Waals surface area contributed by atoms with Crippen LogP contribution in [0.15, 0.2) is 65.3 Å². The zero-order chi connectivity index (χ0) is 19.9. The van der Waals surface area contributed by atoms with Crippen LogP contribution in [0.2, 0.25) is 0 Å². The number of anilines is 1. The maximum absolute atomic E-state index is 13.2. The maximum atomic E-state index is 13.2. The lowest BCUT2D eigenvalue weighted by atomic mass is 10.2. The Kier molecular flexibility index (Phi) is 6.16. The summed E-state index contributed by atoms with van der Waals surface area (Å²) in [6, 6.07) is 14.4. The summed E-state index contributed by atoms with van der Waals surface area (Å²) in [4.78, 5) is 14.5. The Morgan fingerprint density at radius 3 is 2.50 bits per heavy atom. The van der Waals surface area contributed by atoms with Gasteiger partial charge in [-0.25, -0.2) is 9.18 Å². The fourth-order valence-corrected chi connectivity index (χ4v) is 2.70. The number of hydrogen-bond donors (Lipinski definition) is 1. The van der Waals surface area contributed by atoms with Gasteiger partial charge in [0, 0.05) is 12.6 Å². The van der Waals surface area contributed by atoms with Crippen LogP contribution in [-0.4, -0.2) is 25.2 Å². The van der Waals surface area contributed by atoms with Crippen molar-refractivity contribution in [1.82, 2.24) is 4.90 Å². The molecule has 0 saturated heterocycles. The van der Waals surface area contributed by atoms with Crippen molar-refractivity contribution < 1.29 is 23.1 Å². The maximum Gasteiger partial charge on any atom is 0.322 e. The van der Waals surface area contributed by atoms with Crippen LogP contribution in [0.1, 0.15) is 11.3 Å². The van der Waals surface area contributed by atoms with Crippen LogP contribution in [0, 0.1) is 5.82 Å². The molecule has 0 aliphatic rings. The number of ether oxygens (including phenoxy) is 2. The lowest BCUT2D eigenvalue weighted by Crippen LogP contribution is -2.34. The molecular formula is C21H21FN2O4. The number of amides is 2. The smallest absolute Gasteiger partial charge is 0.322 e. The summed E-state index contributed by atoms with van der Waals surface area (Å²) in [7, 11) is 3.07. The van der Waals surface area contributed by atoms with E-state index in [0.29, 0.717) is 22.9 Å². The number of rotatable bonds is 7. The van der Waals surface area contributed by atoms with E-state index in [2.05, 4.69) is 5.32 Å². The van der Waals surface area contributed by atoms with Crippen LogP contribution in [0.25, 0.3) is 0 Å². The molecule has 1 N–H and O–H groups in total. The Morgan fingerprint density at radius 1 is 1.07 bits per heavy atom. The fraction of sp³-hybridized carbons (Fsp3) is 0.190. The average molecular weight is 384 g/mol. The lowest BCUT2D eigenvalue weighted by Gasteiger charge is -2.23. The number of nitrogens with one attached hydrogen (secondary N) is 1. The second-order valence-electron chi connectivity index (χ2n) is 6.06. The third-order valence-corrected chi connectivity index (χ3v) is 4.15. The molecule has 6 nitrogen and oxygen atoms in total. The summed E-state index contributed by atoms with van der Waals surface area (Å²) in [6.07, 6.45) is 1.55. The van der Waals surface area contributed by atoms with E-state index in [0.717, 1.165) is 5.56 Å². The van der Waals surface area contributed by atoms with Gasteiger partial charge in [-0.3, -0.25) is 0 Å². The molecule has 3 rings (SSSR count). The van der Waals surface area contributed by atoms with Crippen molar-refractivity contribution in [3.05, 3.63) is 78.0 Å². The van der Waals surface area contributed by atoms with Gasteiger partial charge in [0.15, 0.2) is 0 Å². The molecule has 2 aromatic carbocycles. The highest BCUT2D eigenvalue weighted by Gasteiger charge is 2.18. The summed E-state index contributed by atoms with van der Waals surface area (Å²) < 4.78 is 29.1. The molecule has 7 heteroatoms. The summed E-state index contributed by atoms with van der Waals surface area (Å²) in [5.41, 5.74) is 1.31. The third kappa shape index (κ3) is 4.82. The average Bonchev–Trinajstić information content (AvgIpc) is 3.22. The monoisotopic (exact) mass is 384 g/mol. The Morgan fingerprint density at radius 2 is 1.86 bits per heavy atom. The van der Waals surface area contributed by atoms with Crippen LogP contribution in [-0.2, 0) is 13.1 Å². The summed E-state index contributed by atoms with van der Waals surface area (Å²) in [5.74, 6) is 1.41. The first-order valence-electron chi connectivity index (χ1n) is 8.64. The Balaban J connectivity index is 1.80. The van der Waals surface area contributed by atoms with Crippen molar-refractivity contribution in [1.29, 1.82) is 0 Å². The molecule has 2 amide bonds. The molecule has 146 valence electrons. The lowest BCUT2D eigenvalue weighted by molar-refractivity contribution is 0.201. The van der Waals surface area contributed by atoms with Crippen LogP contribution in [0.4, 0.5) is 14.9 Å². The fourth-order valence-electron chi connectivity index (χ4n) is 2.70. The van der Waals surface area contributed by atoms with Gasteiger partial charge in [0.1, 0.15) is 23.1 Å². The second kappa shape index (κ2) is 8.94. The molecule has 0 fully saturated rings. The van der Waals surface area contributed by atoms with E-state index >= 15 is 0 Å². The number of hydrogen-bond acceptors (Lipinski definition) is 4. The first-order valence-corrected chi connectivity index (χ1v) is 8.64. The first kappa shape index (κ1) is 19.3. The van der Waals surface area contributed by atoms with Gasteiger partial charge in [0.25, 0.3) is 0 Å². The number of benzene rings is 2. The molecule has 1 heterocycles. The van der Waals surface area contributed by atoms with Gasteiger partial charge >= 0.3 is 6.03 Å². The molecule has 0 bridgehead atoms. The number of nitrogens with zero attached hydrogens (tertiary/aromatic N) is 1. The molecule has 0 aliphatic heterocycles. The second-order valence-corrected chi connectivity index (χ2v) is 6.06. The SMILES string of the molecule is COc1ccc(NC(=O)N(Cc2ccc(F)cc2)Cc2ccco2)c(OC)c1. The van der Waals surface area contributed by atoms with Gasteiger partial charge in [0.05, 0.1) is 32.7 Å². The van der Waals surface area contributed by atoms with E-state index in [1.54, 1.807) is 60.7 Å². The predicted octanol–water partition coefficient (Wildman–Crippen LogP) is 4.67. The molecule has 0 spiro atoms. The molecule has 0 atom stereocenters. The van der Waals surface area contributed by atoms with Crippen molar-refractivity contribution in [2.45, 2.75) is 13.1 Å². The molecule has 0 saturated carbocycles. The summed E-state index contributed by atoms with van der Waals surface area (Å²) in [6.45, 7) is 0.542. The number of furan rings is 1. The molecule has 3 aromatic rings. The predicted molar refractivity (Wildman–Crippen MR) is 103 cm³/mol. The zero-order valence-electron chi connectivity index (χ0n) is 15.6. The summed E-state index contributed by atoms with van der Waals surface area (Å²) in [5, 5.41) is 2.85. The van der Waals surface area contributed by atoms with Crippen molar-refractivity contribution in [3.8, 4) is 11.5 Å². The van der Waals surface area contributed by atoms with Gasteiger partial charge < -0.3 is 24.1 Å². The molecule has 28 heavy (non-hydrogen) atoms. The van der Waals surface area contributed by atoms with E-state index in [1.165, 1.54) is 19.2 Å². The minimum absolute atomic E-state index is 0.259. The minimum atomic E-state index is -0.343. The van der Waals surface area contributed by atoms with Crippen molar-refractivity contribution in [2.75, 3.05) is 19.5 Å². The van der Waals surface area contributed by atoms with Crippen LogP contribution < -0.4 is 14.8 Å². The highest BCUT2D eigenvalue weighted by molar-refractivity contribution is 5.91. The molecule has 0 aliphatic carbocycles. The molecule has 1 aromatic heterocycles. The zero-order valence-corrected chi connectivity index (χ0v) is 15.6. The first-order chi connectivity index (χ1) is 13.6. The minimum Gasteiger partial charge on any atom is -0.497 e. The van der Waals surface area contributed by atoms with Gasteiger partial charge in [-0.15, -0.1) is 0 Å². The van der Waals surface area contributed by atoms with Crippen LogP contribution in [0.3, 0.4) is 0 Å². The Hall–Kier alpha value is -3.48. The quantitative estimate of drug-likeness (QED) is 0.643. The van der Waals surface area contributed by atoms with E-state index in [1.807, 2.05) is 0 Å². The van der Waals surface area contributed by atoms with E-state index < -0.39 is 0 Å². The van der Waals surface area contributed by atoms with Gasteiger partial charge in [-0.2, -0.15) is 0 Å². The van der Waals surface area contributed by atoms with Crippen molar-refractivity contribution >= 4 is 11.7 Å². The molecule has 0 unspecified atom stereocenters. The van der Waals surface area contributed by atoms with Crippen LogP contribution >= 0.6 is 0 Å². The number of carbonyl (C=O) groups excluding carboxylic acids is 1. The Bertz CT molecular complexity index is 911. The standard InChI is InChI=1S/C21H21FN2O4/c1-26-17-9-10-19(20(12-17)27-2)23-21(25)24(14-18-4-3-11-28-18)13-15-5-7-16(22)8-6-15/h3-12H,13-14H2,1-2H3,(H,23,25). The highest BCUT2D eigenvalue weighted by atomic mass is 19.1. The largest absolute Gasteiger partial charge is 0.497 e. The van der Waals surface area contributed by atoms with E-state index in [4.69, 9.17) is 13.9 Å². The number of methoxy groups -OCH3 is 2. The van der Waals surface area contributed by atoms with Crippen LogP contribution in [0.5, 0.6) is 11.5 Å². The number of halogens is 1. The number of urea groups is 1. The number of carbonyl (C=O) groups is 1. The molecular weight excluding hydrogens is 363 g/mol. The van der Waals surface area contributed by atoms with Crippen molar-refractivity contribution in [3.63, 3.8) is 0 Å². The van der Waals surface area contributed by atoms with Crippen molar-refractivity contribution in [2.24, 2.45) is 0 Å². The topological polar surface area (TPSA) is 63.9 Å². The third-order valence-electron chi connectivity index (χ3n) is 4.15. The van der Waals surface area contributed by atoms with E-state index in [9.17, 15) is 9.18 Å². The van der Waals surface area contributed by atoms with Gasteiger partial charge in [-0.1, -0.05) is 12.1 Å². The van der Waals surface area contributed by atoms with E-state index in [-0.39, 0.29) is 24.9 Å². The highest BCUT2D eigenvalue weighted by Crippen LogP contribution is 2.29. The van der Waals surface area contributed by atoms with Gasteiger partial charge in [-0.05, 0) is 42.0 Å². The Labute approximate surface area is 162 Å².